The predicted octanol–water partition coefficient (Wildman–Crippen LogP) is 6.93. The fourth-order valence-electron chi connectivity index (χ4n) is 4.59. The normalized spacial score (nSPS) is 21.3. The first-order valence-electron chi connectivity index (χ1n) is 11.6. The zero-order chi connectivity index (χ0) is 22.7. The van der Waals surface area contributed by atoms with Crippen LogP contribution in [0, 0.1) is 0 Å². The number of benzene rings is 4. The van der Waals surface area contributed by atoms with Crippen LogP contribution in [0.2, 0.25) is 0 Å². The molecule has 4 aromatic carbocycles. The third-order valence-electron chi connectivity index (χ3n) is 6.33. The Morgan fingerprint density at radius 2 is 0.853 bits per heavy atom. The van der Waals surface area contributed by atoms with Crippen LogP contribution >= 0.6 is 0 Å². The fraction of sp³-hybridized carbons (Fsp3) is 0.133. The van der Waals surface area contributed by atoms with E-state index in [0.717, 1.165) is 45.2 Å². The summed E-state index contributed by atoms with van der Waals surface area (Å²) in [5.74, 6) is 1.69. The molecule has 4 aromatic rings. The standard InChI is InChI=1S/C30H24N2O2/c1-3-11-21(12-4-1)29-19-25(23-15-7-9-17-27(23)33-29)31-32-26-20-30(22-13-5-2-6-14-22)34-28-18-10-8-16-24(26)28/h1-18,29-30H,19-20H2/t29-,30-/m0/s1. The topological polar surface area (TPSA) is 43.2 Å². The average Bonchev–Trinajstić information content (AvgIpc) is 2.92. The smallest absolute Gasteiger partial charge is 0.129 e. The summed E-state index contributed by atoms with van der Waals surface area (Å²) < 4.78 is 12.6. The molecule has 0 spiro atoms. The predicted molar refractivity (Wildman–Crippen MR) is 135 cm³/mol. The summed E-state index contributed by atoms with van der Waals surface area (Å²) in [5, 5.41) is 9.64. The minimum absolute atomic E-state index is 0.0888. The molecule has 0 fully saturated rings. The molecular weight excluding hydrogens is 420 g/mol. The van der Waals surface area contributed by atoms with Crippen LogP contribution in [0.5, 0.6) is 11.5 Å². The maximum Gasteiger partial charge on any atom is 0.129 e. The third-order valence-corrected chi connectivity index (χ3v) is 6.33. The molecule has 0 saturated carbocycles. The van der Waals surface area contributed by atoms with Gasteiger partial charge in [-0.25, -0.2) is 0 Å². The highest BCUT2D eigenvalue weighted by atomic mass is 16.5. The largest absolute Gasteiger partial charge is 0.485 e. The Kier molecular flexibility index (Phi) is 5.40. The quantitative estimate of drug-likeness (QED) is 0.322. The highest BCUT2D eigenvalue weighted by molar-refractivity contribution is 6.07. The zero-order valence-corrected chi connectivity index (χ0v) is 18.7. The third kappa shape index (κ3) is 3.99. The summed E-state index contributed by atoms with van der Waals surface area (Å²) in [6.07, 6.45) is 1.15. The van der Waals surface area contributed by atoms with E-state index in [0.29, 0.717) is 12.8 Å². The molecular formula is C30H24N2O2. The first kappa shape index (κ1) is 20.4. The molecule has 6 rings (SSSR count). The van der Waals surface area contributed by atoms with E-state index in [1.54, 1.807) is 0 Å². The molecule has 0 N–H and O–H groups in total. The van der Waals surface area contributed by atoms with E-state index < -0.39 is 0 Å². The van der Waals surface area contributed by atoms with Crippen LogP contribution in [-0.2, 0) is 0 Å². The monoisotopic (exact) mass is 444 g/mol. The number of ether oxygens (including phenoxy) is 2. The lowest BCUT2D eigenvalue weighted by Gasteiger charge is -2.28. The van der Waals surface area contributed by atoms with Crippen LogP contribution < -0.4 is 9.47 Å². The highest BCUT2D eigenvalue weighted by Gasteiger charge is 2.28. The summed E-state index contributed by atoms with van der Waals surface area (Å²) in [7, 11) is 0. The lowest BCUT2D eigenvalue weighted by molar-refractivity contribution is 0.205. The Balaban J connectivity index is 1.39. The highest BCUT2D eigenvalue weighted by Crippen LogP contribution is 2.37. The molecule has 2 aliphatic heterocycles. The Bertz CT molecular complexity index is 1260. The van der Waals surface area contributed by atoms with Gasteiger partial charge in [-0.3, -0.25) is 0 Å². The molecule has 4 nitrogen and oxygen atoms in total. The molecule has 0 saturated heterocycles. The van der Waals surface area contributed by atoms with Gasteiger partial charge in [-0.15, -0.1) is 0 Å². The Labute approximate surface area is 199 Å². The van der Waals surface area contributed by atoms with Crippen molar-refractivity contribution in [2.24, 2.45) is 10.2 Å². The minimum atomic E-state index is -0.0888. The van der Waals surface area contributed by atoms with Gasteiger partial charge in [0.2, 0.25) is 0 Å². The molecule has 0 aliphatic carbocycles. The molecule has 2 heterocycles. The number of hydrogen-bond donors (Lipinski definition) is 0. The Hall–Kier alpha value is -4.18. The summed E-state index contributed by atoms with van der Waals surface area (Å²) in [4.78, 5) is 0. The van der Waals surface area contributed by atoms with Crippen molar-refractivity contribution in [1.29, 1.82) is 0 Å². The average molecular weight is 445 g/mol. The fourth-order valence-corrected chi connectivity index (χ4v) is 4.59. The molecule has 0 unspecified atom stereocenters. The van der Waals surface area contributed by atoms with Crippen LogP contribution in [0.1, 0.15) is 47.3 Å². The van der Waals surface area contributed by atoms with E-state index in [-0.39, 0.29) is 12.2 Å². The van der Waals surface area contributed by atoms with Gasteiger partial charge in [0.1, 0.15) is 23.7 Å². The van der Waals surface area contributed by atoms with Gasteiger partial charge >= 0.3 is 0 Å². The first-order chi connectivity index (χ1) is 16.8. The van der Waals surface area contributed by atoms with Gasteiger partial charge in [-0.05, 0) is 35.4 Å². The molecule has 2 atom stereocenters. The number of fused-ring (bicyclic) bond motifs is 2. The maximum absolute atomic E-state index is 6.32. The number of nitrogens with zero attached hydrogens (tertiary/aromatic N) is 2. The van der Waals surface area contributed by atoms with Crippen LogP contribution in [-0.4, -0.2) is 11.4 Å². The molecule has 2 aliphatic rings. The zero-order valence-electron chi connectivity index (χ0n) is 18.7. The molecule has 4 heteroatoms. The van der Waals surface area contributed by atoms with E-state index in [4.69, 9.17) is 19.7 Å². The number of rotatable bonds is 3. The summed E-state index contributed by atoms with van der Waals surface area (Å²) in [6, 6.07) is 36.7. The van der Waals surface area contributed by atoms with E-state index in [1.807, 2.05) is 72.8 Å². The second-order valence-corrected chi connectivity index (χ2v) is 8.53. The van der Waals surface area contributed by atoms with Crippen LogP contribution in [0.15, 0.2) is 119 Å². The SMILES string of the molecule is c1ccc([C@@H]2CC(=NN=C3C[C@@H](c4ccccc4)Oc4ccccc43)c3ccccc3O2)cc1. The van der Waals surface area contributed by atoms with E-state index in [2.05, 4.69) is 36.4 Å². The number of para-hydroxylation sites is 2. The van der Waals surface area contributed by atoms with Crippen molar-refractivity contribution in [3.05, 3.63) is 131 Å². The van der Waals surface area contributed by atoms with Gasteiger partial charge in [0.15, 0.2) is 0 Å². The molecule has 0 radical (unpaired) electrons. The molecule has 0 bridgehead atoms. The van der Waals surface area contributed by atoms with Crippen molar-refractivity contribution in [3.8, 4) is 11.5 Å². The Morgan fingerprint density at radius 3 is 1.29 bits per heavy atom. The maximum atomic E-state index is 6.32. The van der Waals surface area contributed by atoms with Crippen LogP contribution in [0.3, 0.4) is 0 Å². The van der Waals surface area contributed by atoms with Crippen molar-refractivity contribution < 1.29 is 9.47 Å². The van der Waals surface area contributed by atoms with Gasteiger partial charge in [-0.2, -0.15) is 10.2 Å². The van der Waals surface area contributed by atoms with Gasteiger partial charge in [0.25, 0.3) is 0 Å². The lowest BCUT2D eigenvalue weighted by atomic mass is 9.95. The van der Waals surface area contributed by atoms with E-state index in [1.165, 1.54) is 0 Å². The van der Waals surface area contributed by atoms with E-state index in [9.17, 15) is 0 Å². The van der Waals surface area contributed by atoms with Gasteiger partial charge < -0.3 is 9.47 Å². The Morgan fingerprint density at radius 1 is 0.471 bits per heavy atom. The van der Waals surface area contributed by atoms with Crippen molar-refractivity contribution in [1.82, 2.24) is 0 Å². The van der Waals surface area contributed by atoms with E-state index >= 15 is 0 Å². The second-order valence-electron chi connectivity index (χ2n) is 8.53. The van der Waals surface area contributed by atoms with Crippen molar-refractivity contribution in [2.75, 3.05) is 0 Å². The van der Waals surface area contributed by atoms with Crippen LogP contribution in [0.4, 0.5) is 0 Å². The molecule has 0 amide bonds. The summed E-state index contributed by atoms with van der Waals surface area (Å²) in [5.41, 5.74) is 6.14. The lowest BCUT2D eigenvalue weighted by Crippen LogP contribution is -2.22. The molecule has 0 aromatic heterocycles. The first-order valence-corrected chi connectivity index (χ1v) is 11.6. The van der Waals surface area contributed by atoms with Crippen molar-refractivity contribution in [3.63, 3.8) is 0 Å². The summed E-state index contributed by atoms with van der Waals surface area (Å²) in [6.45, 7) is 0. The minimum Gasteiger partial charge on any atom is -0.485 e. The van der Waals surface area contributed by atoms with Gasteiger partial charge in [-0.1, -0.05) is 84.9 Å². The van der Waals surface area contributed by atoms with Crippen molar-refractivity contribution >= 4 is 11.4 Å². The number of hydrogen-bond acceptors (Lipinski definition) is 4. The second kappa shape index (κ2) is 8.99. The van der Waals surface area contributed by atoms with Crippen molar-refractivity contribution in [2.45, 2.75) is 25.0 Å². The molecule has 166 valence electrons. The van der Waals surface area contributed by atoms with Gasteiger partial charge in [0.05, 0.1) is 11.4 Å². The van der Waals surface area contributed by atoms with Crippen LogP contribution in [0.25, 0.3) is 0 Å². The molecule has 34 heavy (non-hydrogen) atoms. The van der Waals surface area contributed by atoms with Gasteiger partial charge in [0, 0.05) is 24.0 Å². The summed E-state index contributed by atoms with van der Waals surface area (Å²) >= 11 is 0.